The van der Waals surface area contributed by atoms with Gasteiger partial charge in [-0.2, -0.15) is 0 Å². The third-order valence-corrected chi connectivity index (χ3v) is 3.15. The molecule has 17 heavy (non-hydrogen) atoms. The predicted molar refractivity (Wildman–Crippen MR) is 67.1 cm³/mol. The van der Waals surface area contributed by atoms with Gasteiger partial charge in [0.15, 0.2) is 11.6 Å². The first-order chi connectivity index (χ1) is 8.07. The lowest BCUT2D eigenvalue weighted by atomic mass is 10.00. The van der Waals surface area contributed by atoms with Gasteiger partial charge in [0.2, 0.25) is 0 Å². The fourth-order valence-corrected chi connectivity index (χ4v) is 2.10. The first-order valence-corrected chi connectivity index (χ1v) is 6.34. The van der Waals surface area contributed by atoms with Crippen LogP contribution >= 0.6 is 11.6 Å². The lowest BCUT2D eigenvalue weighted by Crippen LogP contribution is -2.13. The van der Waals surface area contributed by atoms with E-state index in [4.69, 9.17) is 17.3 Å². The summed E-state index contributed by atoms with van der Waals surface area (Å²) in [5, 5.41) is 0.201. The highest BCUT2D eigenvalue weighted by molar-refractivity contribution is 6.31. The zero-order valence-electron chi connectivity index (χ0n) is 9.98. The van der Waals surface area contributed by atoms with Crippen LogP contribution < -0.4 is 5.73 Å². The van der Waals surface area contributed by atoms with Crippen LogP contribution in [0.2, 0.25) is 5.02 Å². The zero-order chi connectivity index (χ0) is 12.8. The van der Waals surface area contributed by atoms with E-state index in [0.29, 0.717) is 6.42 Å². The van der Waals surface area contributed by atoms with Gasteiger partial charge >= 0.3 is 0 Å². The van der Waals surface area contributed by atoms with Crippen molar-refractivity contribution in [2.45, 2.75) is 45.1 Å². The van der Waals surface area contributed by atoms with E-state index in [2.05, 4.69) is 6.92 Å². The molecule has 1 nitrogen and oxygen atoms in total. The number of hydrogen-bond acceptors (Lipinski definition) is 1. The van der Waals surface area contributed by atoms with Gasteiger partial charge in [0.05, 0.1) is 0 Å². The maximum atomic E-state index is 13.5. The topological polar surface area (TPSA) is 26.0 Å². The molecule has 4 heteroatoms. The van der Waals surface area contributed by atoms with Crippen LogP contribution in [0.25, 0.3) is 0 Å². The van der Waals surface area contributed by atoms with Gasteiger partial charge in [-0.3, -0.25) is 0 Å². The third-order valence-electron chi connectivity index (χ3n) is 2.82. The summed E-state index contributed by atoms with van der Waals surface area (Å²) in [6.07, 6.45) is 4.84. The van der Waals surface area contributed by atoms with Crippen molar-refractivity contribution in [3.05, 3.63) is 34.4 Å². The molecule has 0 aliphatic rings. The summed E-state index contributed by atoms with van der Waals surface area (Å²) in [6.45, 7) is 2.11. The number of rotatable bonds is 6. The number of benzene rings is 1. The van der Waals surface area contributed by atoms with Crippen LogP contribution in [-0.2, 0) is 0 Å². The lowest BCUT2D eigenvalue weighted by Gasteiger charge is -2.14. The van der Waals surface area contributed by atoms with E-state index in [9.17, 15) is 8.78 Å². The second kappa shape index (κ2) is 6.92. The molecule has 1 unspecified atom stereocenters. The smallest absolute Gasteiger partial charge is 0.165 e. The Morgan fingerprint density at radius 2 is 1.94 bits per heavy atom. The Kier molecular flexibility index (Phi) is 5.86. The highest BCUT2D eigenvalue weighted by Crippen LogP contribution is 2.29. The van der Waals surface area contributed by atoms with Gasteiger partial charge in [0.1, 0.15) is 0 Å². The second-order valence-corrected chi connectivity index (χ2v) is 4.62. The maximum absolute atomic E-state index is 13.5. The minimum absolute atomic E-state index is 0.100. The van der Waals surface area contributed by atoms with Crippen LogP contribution in [0, 0.1) is 11.6 Å². The van der Waals surface area contributed by atoms with Gasteiger partial charge in [0, 0.05) is 16.6 Å². The van der Waals surface area contributed by atoms with E-state index in [0.717, 1.165) is 31.7 Å². The van der Waals surface area contributed by atoms with Crippen LogP contribution in [0.5, 0.6) is 0 Å². The van der Waals surface area contributed by atoms with Crippen LogP contribution in [-0.4, -0.2) is 0 Å². The summed E-state index contributed by atoms with van der Waals surface area (Å²) in [5.41, 5.74) is 5.96. The highest BCUT2D eigenvalue weighted by atomic mass is 35.5. The second-order valence-electron chi connectivity index (χ2n) is 4.21. The minimum atomic E-state index is -0.916. The van der Waals surface area contributed by atoms with Gasteiger partial charge in [-0.25, -0.2) is 8.78 Å². The van der Waals surface area contributed by atoms with Crippen molar-refractivity contribution in [3.63, 3.8) is 0 Å². The monoisotopic (exact) mass is 261 g/mol. The van der Waals surface area contributed by atoms with Crippen LogP contribution in [0.4, 0.5) is 8.78 Å². The van der Waals surface area contributed by atoms with Gasteiger partial charge in [-0.1, -0.05) is 44.2 Å². The summed E-state index contributed by atoms with van der Waals surface area (Å²) >= 11 is 5.85. The van der Waals surface area contributed by atoms with E-state index in [1.54, 1.807) is 0 Å². The maximum Gasteiger partial charge on any atom is 0.165 e. The molecule has 1 aromatic rings. The van der Waals surface area contributed by atoms with E-state index in [1.165, 1.54) is 6.07 Å². The van der Waals surface area contributed by atoms with Crippen molar-refractivity contribution < 1.29 is 8.78 Å². The van der Waals surface area contributed by atoms with Gasteiger partial charge < -0.3 is 5.73 Å². The SMILES string of the molecule is CCCCCCC(N)c1c(Cl)ccc(F)c1F. The summed E-state index contributed by atoms with van der Waals surface area (Å²) in [4.78, 5) is 0. The van der Waals surface area contributed by atoms with Crippen LogP contribution in [0.15, 0.2) is 12.1 Å². The lowest BCUT2D eigenvalue weighted by molar-refractivity contribution is 0.477. The predicted octanol–water partition coefficient (Wildman–Crippen LogP) is 4.59. The Morgan fingerprint density at radius 3 is 2.59 bits per heavy atom. The average molecular weight is 262 g/mol. The summed E-state index contributed by atoms with van der Waals surface area (Å²) in [6, 6.07) is 1.83. The van der Waals surface area contributed by atoms with Gasteiger partial charge in [0.25, 0.3) is 0 Å². The number of hydrogen-bond donors (Lipinski definition) is 1. The van der Waals surface area contributed by atoms with Crippen LogP contribution in [0.3, 0.4) is 0 Å². The first kappa shape index (κ1) is 14.4. The fourth-order valence-electron chi connectivity index (χ4n) is 1.82. The third kappa shape index (κ3) is 3.93. The van der Waals surface area contributed by atoms with Gasteiger partial charge in [-0.05, 0) is 18.6 Å². The highest BCUT2D eigenvalue weighted by Gasteiger charge is 2.18. The first-order valence-electron chi connectivity index (χ1n) is 5.96. The summed E-state index contributed by atoms with van der Waals surface area (Å²) in [7, 11) is 0. The van der Waals surface area contributed by atoms with E-state index in [-0.39, 0.29) is 10.6 Å². The largest absolute Gasteiger partial charge is 0.324 e. The fraction of sp³-hybridized carbons (Fsp3) is 0.538. The molecule has 0 heterocycles. The molecule has 0 saturated heterocycles. The molecule has 0 spiro atoms. The van der Waals surface area contributed by atoms with Crippen molar-refractivity contribution in [2.24, 2.45) is 5.73 Å². The molecule has 0 aliphatic carbocycles. The van der Waals surface area contributed by atoms with Crippen molar-refractivity contribution in [2.75, 3.05) is 0 Å². The van der Waals surface area contributed by atoms with Crippen molar-refractivity contribution in [1.82, 2.24) is 0 Å². The van der Waals surface area contributed by atoms with Crippen LogP contribution in [0.1, 0.15) is 50.6 Å². The zero-order valence-corrected chi connectivity index (χ0v) is 10.7. The molecule has 0 aliphatic heterocycles. The standard InChI is InChI=1S/C13H18ClF2N/c1-2-3-4-5-6-11(17)12-9(14)7-8-10(15)13(12)16/h7-8,11H,2-6,17H2,1H3. The van der Waals surface area contributed by atoms with Crippen molar-refractivity contribution in [1.29, 1.82) is 0 Å². The average Bonchev–Trinajstić information content (AvgIpc) is 2.30. The molecule has 0 bridgehead atoms. The number of nitrogens with two attached hydrogens (primary N) is 1. The van der Waals surface area contributed by atoms with E-state index >= 15 is 0 Å². The number of halogens is 3. The van der Waals surface area contributed by atoms with Gasteiger partial charge in [-0.15, -0.1) is 0 Å². The minimum Gasteiger partial charge on any atom is -0.324 e. The molecule has 1 atom stereocenters. The molecule has 0 aromatic heterocycles. The Hall–Kier alpha value is -0.670. The molecular formula is C13H18ClF2N. The Labute approximate surface area is 106 Å². The normalized spacial score (nSPS) is 12.8. The van der Waals surface area contributed by atoms with E-state index < -0.39 is 17.7 Å². The molecule has 0 radical (unpaired) electrons. The van der Waals surface area contributed by atoms with E-state index in [1.807, 2.05) is 0 Å². The molecule has 2 N–H and O–H groups in total. The van der Waals surface area contributed by atoms with Crippen molar-refractivity contribution in [3.8, 4) is 0 Å². The number of unbranched alkanes of at least 4 members (excludes halogenated alkanes) is 3. The molecule has 0 fully saturated rings. The quantitative estimate of drug-likeness (QED) is 0.588. The molecule has 0 amide bonds. The van der Waals surface area contributed by atoms with Crippen molar-refractivity contribution >= 4 is 11.6 Å². The molecular weight excluding hydrogens is 244 g/mol. The summed E-state index contributed by atoms with van der Waals surface area (Å²) < 4.78 is 26.6. The molecule has 1 aromatic carbocycles. The molecule has 1 rings (SSSR count). The Morgan fingerprint density at radius 1 is 1.24 bits per heavy atom. The Bertz CT molecular complexity index is 369. The molecule has 0 saturated carbocycles. The molecule has 96 valence electrons. The Balaban J connectivity index is 2.68. The summed E-state index contributed by atoms with van der Waals surface area (Å²) in [5.74, 6) is -1.81.